The van der Waals surface area contributed by atoms with Gasteiger partial charge in [-0.15, -0.1) is 10.2 Å². The lowest BCUT2D eigenvalue weighted by Crippen LogP contribution is -1.96. The second kappa shape index (κ2) is 6.63. The van der Waals surface area contributed by atoms with Gasteiger partial charge in [0.1, 0.15) is 0 Å². The number of thioether (sulfide) groups is 1. The van der Waals surface area contributed by atoms with Crippen LogP contribution in [0.3, 0.4) is 0 Å². The van der Waals surface area contributed by atoms with Gasteiger partial charge in [-0.3, -0.25) is 0 Å². The number of nitrogens with zero attached hydrogens (tertiary/aromatic N) is 4. The summed E-state index contributed by atoms with van der Waals surface area (Å²) in [5.41, 5.74) is 3.85. The largest absolute Gasteiger partial charge is 0.212 e. The second-order valence-corrected chi connectivity index (χ2v) is 6.63. The van der Waals surface area contributed by atoms with Crippen molar-refractivity contribution in [2.75, 3.05) is 0 Å². The normalized spacial score (nSPS) is 11.0. The Morgan fingerprint density at radius 2 is 1.79 bits per heavy atom. The molecule has 0 aliphatic carbocycles. The van der Waals surface area contributed by atoms with Gasteiger partial charge in [0, 0.05) is 16.3 Å². The molecule has 0 aliphatic rings. The lowest BCUT2D eigenvalue weighted by atomic mass is 10.1. The number of rotatable bonds is 4. The summed E-state index contributed by atoms with van der Waals surface area (Å²) in [4.78, 5) is 0. The number of benzene rings is 2. The molecule has 2 heterocycles. The smallest absolute Gasteiger partial charge is 0.187 e. The summed E-state index contributed by atoms with van der Waals surface area (Å²) in [6, 6.07) is 21.8. The Bertz CT molecular complexity index is 985. The zero-order valence-corrected chi connectivity index (χ0v) is 14.2. The van der Waals surface area contributed by atoms with Gasteiger partial charge in [-0.25, -0.2) is 0 Å². The van der Waals surface area contributed by atoms with Crippen LogP contribution in [0.2, 0.25) is 5.02 Å². The van der Waals surface area contributed by atoms with E-state index < -0.39 is 0 Å². The molecule has 0 atom stereocenters. The molecule has 0 unspecified atom stereocenters. The average molecular weight is 353 g/mol. The first-order valence-electron chi connectivity index (χ1n) is 7.45. The van der Waals surface area contributed by atoms with E-state index in [1.54, 1.807) is 16.3 Å². The Balaban J connectivity index is 1.64. The van der Waals surface area contributed by atoms with Crippen LogP contribution in [0.4, 0.5) is 0 Å². The van der Waals surface area contributed by atoms with Crippen molar-refractivity contribution < 1.29 is 0 Å². The maximum Gasteiger partial charge on any atom is 0.212 e. The van der Waals surface area contributed by atoms with Crippen molar-refractivity contribution in [2.45, 2.75) is 10.9 Å². The van der Waals surface area contributed by atoms with Crippen molar-refractivity contribution in [2.24, 2.45) is 0 Å². The van der Waals surface area contributed by atoms with Crippen molar-refractivity contribution >= 4 is 29.0 Å². The van der Waals surface area contributed by atoms with E-state index in [0.717, 1.165) is 38.4 Å². The van der Waals surface area contributed by atoms with E-state index in [4.69, 9.17) is 11.6 Å². The highest BCUT2D eigenvalue weighted by Crippen LogP contribution is 2.24. The molecular formula is C18H13ClN4S. The Morgan fingerprint density at radius 1 is 0.917 bits per heavy atom. The molecule has 0 radical (unpaired) electrons. The molecule has 0 bridgehead atoms. The van der Waals surface area contributed by atoms with Crippen molar-refractivity contribution in [1.82, 2.24) is 19.8 Å². The van der Waals surface area contributed by atoms with E-state index in [0.29, 0.717) is 0 Å². The minimum Gasteiger partial charge on any atom is -0.187 e. The number of aromatic nitrogens is 4. The molecule has 0 fully saturated rings. The maximum atomic E-state index is 6.03. The summed E-state index contributed by atoms with van der Waals surface area (Å²) in [7, 11) is 0. The van der Waals surface area contributed by atoms with Gasteiger partial charge in [0.25, 0.3) is 0 Å². The fourth-order valence-corrected chi connectivity index (χ4v) is 3.44. The Morgan fingerprint density at radius 3 is 2.62 bits per heavy atom. The van der Waals surface area contributed by atoms with Crippen molar-refractivity contribution in [3.05, 3.63) is 77.3 Å². The summed E-state index contributed by atoms with van der Waals surface area (Å²) in [6.45, 7) is 0. The summed E-state index contributed by atoms with van der Waals surface area (Å²) in [5, 5.41) is 14.6. The third kappa shape index (κ3) is 3.13. The van der Waals surface area contributed by atoms with E-state index in [1.165, 1.54) is 0 Å². The molecule has 4 nitrogen and oxygen atoms in total. The van der Waals surface area contributed by atoms with Crippen LogP contribution in [-0.4, -0.2) is 19.8 Å². The van der Waals surface area contributed by atoms with Gasteiger partial charge in [0.2, 0.25) is 5.16 Å². The lowest BCUT2D eigenvalue weighted by molar-refractivity contribution is 0.813. The molecule has 0 aliphatic heterocycles. The number of hydrogen-bond donors (Lipinski definition) is 0. The highest BCUT2D eigenvalue weighted by Gasteiger charge is 2.09. The molecule has 2 aromatic carbocycles. The molecule has 6 heteroatoms. The molecule has 0 saturated heterocycles. The first-order valence-corrected chi connectivity index (χ1v) is 8.81. The maximum absolute atomic E-state index is 6.03. The van der Waals surface area contributed by atoms with E-state index in [-0.39, 0.29) is 0 Å². The molecule has 0 N–H and O–H groups in total. The molecule has 2 aromatic heterocycles. The first-order chi connectivity index (χ1) is 11.8. The van der Waals surface area contributed by atoms with Gasteiger partial charge in [-0.05, 0) is 29.8 Å². The lowest BCUT2D eigenvalue weighted by Gasteiger charge is -2.03. The van der Waals surface area contributed by atoms with E-state index in [2.05, 4.69) is 15.3 Å². The monoisotopic (exact) mass is 352 g/mol. The molecule has 4 rings (SSSR count). The molecule has 0 spiro atoms. The second-order valence-electron chi connectivity index (χ2n) is 5.26. The molecule has 118 valence electrons. The number of fused-ring (bicyclic) bond motifs is 1. The fraction of sp³-hybridized carbons (Fsp3) is 0.0556. The molecule has 0 amide bonds. The highest BCUT2D eigenvalue weighted by atomic mass is 35.5. The standard InChI is InChI=1S/C18H13ClN4S/c19-15-8-4-5-13(11-15)12-24-18-21-20-17-10-9-16(22-23(17)18)14-6-2-1-3-7-14/h1-11H,12H2. The predicted octanol–water partition coefficient (Wildman–Crippen LogP) is 4.74. The van der Waals surface area contributed by atoms with Crippen LogP contribution in [0.25, 0.3) is 16.9 Å². The van der Waals surface area contributed by atoms with Crippen molar-refractivity contribution in [1.29, 1.82) is 0 Å². The van der Waals surface area contributed by atoms with Crippen LogP contribution in [-0.2, 0) is 5.75 Å². The molecular weight excluding hydrogens is 340 g/mol. The molecule has 4 aromatic rings. The van der Waals surface area contributed by atoms with Crippen LogP contribution in [0.5, 0.6) is 0 Å². The minimum absolute atomic E-state index is 0.739. The van der Waals surface area contributed by atoms with Crippen LogP contribution >= 0.6 is 23.4 Å². The zero-order chi connectivity index (χ0) is 16.4. The SMILES string of the molecule is Clc1cccc(CSc2nnc3ccc(-c4ccccc4)nn23)c1. The van der Waals surface area contributed by atoms with E-state index >= 15 is 0 Å². The highest BCUT2D eigenvalue weighted by molar-refractivity contribution is 7.98. The Hall–Kier alpha value is -2.37. The topological polar surface area (TPSA) is 43.1 Å². The Kier molecular flexibility index (Phi) is 4.19. The van der Waals surface area contributed by atoms with Crippen molar-refractivity contribution in [3.8, 4) is 11.3 Å². The van der Waals surface area contributed by atoms with Crippen LogP contribution in [0.1, 0.15) is 5.56 Å². The van der Waals surface area contributed by atoms with Crippen molar-refractivity contribution in [3.63, 3.8) is 0 Å². The summed E-state index contributed by atoms with van der Waals surface area (Å²) < 4.78 is 1.79. The third-order valence-electron chi connectivity index (χ3n) is 3.56. The van der Waals surface area contributed by atoms with Gasteiger partial charge in [0.05, 0.1) is 5.69 Å². The molecule has 0 saturated carbocycles. The number of halogens is 1. The van der Waals surface area contributed by atoms with Crippen LogP contribution in [0.15, 0.2) is 71.9 Å². The first kappa shape index (κ1) is 15.2. The fourth-order valence-electron chi connectivity index (χ4n) is 2.40. The molecule has 24 heavy (non-hydrogen) atoms. The predicted molar refractivity (Wildman–Crippen MR) is 97.2 cm³/mol. The summed E-state index contributed by atoms with van der Waals surface area (Å²) >= 11 is 7.62. The summed E-state index contributed by atoms with van der Waals surface area (Å²) in [5.74, 6) is 0.762. The minimum atomic E-state index is 0.739. The van der Waals surface area contributed by atoms with E-state index in [9.17, 15) is 0 Å². The number of hydrogen-bond acceptors (Lipinski definition) is 4. The van der Waals surface area contributed by atoms with Gasteiger partial charge >= 0.3 is 0 Å². The Labute approximate surface area is 148 Å². The zero-order valence-electron chi connectivity index (χ0n) is 12.6. The van der Waals surface area contributed by atoms with Gasteiger partial charge < -0.3 is 0 Å². The van der Waals surface area contributed by atoms with E-state index in [1.807, 2.05) is 66.7 Å². The quantitative estimate of drug-likeness (QED) is 0.498. The van der Waals surface area contributed by atoms with Crippen LogP contribution in [0, 0.1) is 0 Å². The summed E-state index contributed by atoms with van der Waals surface area (Å²) in [6.07, 6.45) is 0. The van der Waals surface area contributed by atoms with Crippen LogP contribution < -0.4 is 0 Å². The van der Waals surface area contributed by atoms with Gasteiger partial charge in [-0.1, -0.05) is 65.8 Å². The van der Waals surface area contributed by atoms with Gasteiger partial charge in [0.15, 0.2) is 5.65 Å². The third-order valence-corrected chi connectivity index (χ3v) is 4.79. The average Bonchev–Trinajstić information content (AvgIpc) is 3.03. The van der Waals surface area contributed by atoms with Gasteiger partial charge in [-0.2, -0.15) is 9.61 Å².